The lowest BCUT2D eigenvalue weighted by Crippen LogP contribution is -2.38. The Kier molecular flexibility index (Phi) is 9.13. The van der Waals surface area contributed by atoms with Gasteiger partial charge in [0.05, 0.1) is 7.11 Å². The molecule has 7 nitrogen and oxygen atoms in total. The molecule has 8 heteroatoms. The Hall–Kier alpha value is -1.84. The van der Waals surface area contributed by atoms with E-state index >= 15 is 0 Å². The molecule has 0 amide bonds. The van der Waals surface area contributed by atoms with Crippen LogP contribution in [0, 0.1) is 6.92 Å². The molecular formula is C16H24IN5O2. The second kappa shape index (κ2) is 10.8. The van der Waals surface area contributed by atoms with Gasteiger partial charge < -0.3 is 19.9 Å². The Morgan fingerprint density at radius 3 is 2.58 bits per heavy atom. The molecule has 0 fully saturated rings. The van der Waals surface area contributed by atoms with Crippen LogP contribution in [0.3, 0.4) is 0 Å². The number of benzene rings is 1. The second-order valence-corrected chi connectivity index (χ2v) is 4.96. The molecular weight excluding hydrogens is 421 g/mol. The fourth-order valence-corrected chi connectivity index (χ4v) is 2.01. The molecule has 0 aliphatic rings. The van der Waals surface area contributed by atoms with Crippen LogP contribution >= 0.6 is 24.0 Å². The average molecular weight is 445 g/mol. The van der Waals surface area contributed by atoms with Crippen LogP contribution < -0.4 is 15.4 Å². The smallest absolute Gasteiger partial charge is 0.248 e. The van der Waals surface area contributed by atoms with Gasteiger partial charge in [0.15, 0.2) is 11.8 Å². The lowest BCUT2D eigenvalue weighted by molar-refractivity contribution is 0.376. The predicted octanol–water partition coefficient (Wildman–Crippen LogP) is 2.30. The Morgan fingerprint density at radius 2 is 2.00 bits per heavy atom. The first-order chi connectivity index (χ1) is 11.2. The summed E-state index contributed by atoms with van der Waals surface area (Å²) in [6, 6.07) is 8.05. The minimum Gasteiger partial charge on any atom is -0.497 e. The van der Waals surface area contributed by atoms with E-state index in [-0.39, 0.29) is 24.0 Å². The number of nitrogens with zero attached hydrogens (tertiary/aromatic N) is 3. The van der Waals surface area contributed by atoms with Gasteiger partial charge in [0, 0.05) is 13.1 Å². The number of guanidine groups is 1. The molecule has 0 bridgehead atoms. The Balaban J connectivity index is 0.00000288. The minimum absolute atomic E-state index is 0. The first-order valence-electron chi connectivity index (χ1n) is 7.65. The van der Waals surface area contributed by atoms with Crippen LogP contribution in [0.4, 0.5) is 0 Å². The van der Waals surface area contributed by atoms with E-state index in [1.54, 1.807) is 14.0 Å². The second-order valence-electron chi connectivity index (χ2n) is 4.96. The Bertz CT molecular complexity index is 628. The third kappa shape index (κ3) is 6.73. The van der Waals surface area contributed by atoms with Crippen molar-refractivity contribution in [1.82, 2.24) is 20.8 Å². The molecule has 132 valence electrons. The molecule has 2 N–H and O–H groups in total. The predicted molar refractivity (Wildman–Crippen MR) is 104 cm³/mol. The van der Waals surface area contributed by atoms with E-state index in [2.05, 4.69) is 37.9 Å². The quantitative estimate of drug-likeness (QED) is 0.387. The number of nitrogens with one attached hydrogen (secondary N) is 2. The fraction of sp³-hybridized carbons (Fsp3) is 0.438. The maximum absolute atomic E-state index is 5.15. The number of aryl methyl sites for hydroxylation is 1. The number of methoxy groups -OCH3 is 1. The van der Waals surface area contributed by atoms with Crippen molar-refractivity contribution in [1.29, 1.82) is 0 Å². The van der Waals surface area contributed by atoms with E-state index in [0.29, 0.717) is 18.3 Å². The molecule has 0 aliphatic heterocycles. The van der Waals surface area contributed by atoms with E-state index < -0.39 is 0 Å². The summed E-state index contributed by atoms with van der Waals surface area (Å²) in [5.74, 6) is 2.73. The van der Waals surface area contributed by atoms with E-state index in [1.165, 1.54) is 5.56 Å². The molecule has 0 unspecified atom stereocenters. The SMILES string of the molecule is CCNC(=NCc1nc(C)no1)NCCc1ccc(OC)cc1.I. The molecule has 24 heavy (non-hydrogen) atoms. The number of hydrogen-bond donors (Lipinski definition) is 2. The maximum atomic E-state index is 5.15. The fourth-order valence-electron chi connectivity index (χ4n) is 2.01. The normalized spacial score (nSPS) is 10.9. The van der Waals surface area contributed by atoms with Gasteiger partial charge >= 0.3 is 0 Å². The van der Waals surface area contributed by atoms with Crippen LogP contribution in [-0.2, 0) is 13.0 Å². The third-order valence-electron chi connectivity index (χ3n) is 3.15. The highest BCUT2D eigenvalue weighted by Gasteiger charge is 2.03. The lowest BCUT2D eigenvalue weighted by atomic mass is 10.1. The van der Waals surface area contributed by atoms with Gasteiger partial charge in [-0.05, 0) is 38.0 Å². The summed E-state index contributed by atoms with van der Waals surface area (Å²) in [5, 5.41) is 10.2. The molecule has 0 atom stereocenters. The van der Waals surface area contributed by atoms with Crippen molar-refractivity contribution in [3.05, 3.63) is 41.5 Å². The van der Waals surface area contributed by atoms with E-state index in [4.69, 9.17) is 9.26 Å². The zero-order chi connectivity index (χ0) is 16.5. The molecule has 1 aromatic heterocycles. The minimum atomic E-state index is 0. The first-order valence-corrected chi connectivity index (χ1v) is 7.65. The van der Waals surface area contributed by atoms with Gasteiger partial charge in [0.25, 0.3) is 0 Å². The highest BCUT2D eigenvalue weighted by atomic mass is 127. The largest absolute Gasteiger partial charge is 0.497 e. The summed E-state index contributed by atoms with van der Waals surface area (Å²) in [6.45, 7) is 5.74. The number of aromatic nitrogens is 2. The Labute approximate surface area is 159 Å². The first kappa shape index (κ1) is 20.2. The molecule has 0 spiro atoms. The van der Waals surface area contributed by atoms with E-state index in [1.807, 2.05) is 19.1 Å². The van der Waals surface area contributed by atoms with E-state index in [9.17, 15) is 0 Å². The van der Waals surface area contributed by atoms with Crippen molar-refractivity contribution in [3.8, 4) is 5.75 Å². The number of halogens is 1. The van der Waals surface area contributed by atoms with Gasteiger partial charge in [0.2, 0.25) is 5.89 Å². The van der Waals surface area contributed by atoms with Crippen LogP contribution in [0.25, 0.3) is 0 Å². The molecule has 0 saturated heterocycles. The monoisotopic (exact) mass is 445 g/mol. The molecule has 0 saturated carbocycles. The molecule has 0 radical (unpaired) electrons. The van der Waals surface area contributed by atoms with Gasteiger partial charge in [-0.1, -0.05) is 17.3 Å². The van der Waals surface area contributed by atoms with Crippen molar-refractivity contribution in [3.63, 3.8) is 0 Å². The molecule has 2 aromatic rings. The number of ether oxygens (including phenoxy) is 1. The molecule has 0 aliphatic carbocycles. The number of hydrogen-bond acceptors (Lipinski definition) is 5. The topological polar surface area (TPSA) is 84.6 Å². The highest BCUT2D eigenvalue weighted by Crippen LogP contribution is 2.11. The zero-order valence-corrected chi connectivity index (χ0v) is 16.5. The summed E-state index contributed by atoms with van der Waals surface area (Å²) < 4.78 is 10.2. The Morgan fingerprint density at radius 1 is 1.25 bits per heavy atom. The van der Waals surface area contributed by atoms with Crippen molar-refractivity contribution >= 4 is 29.9 Å². The van der Waals surface area contributed by atoms with Crippen molar-refractivity contribution < 1.29 is 9.26 Å². The average Bonchev–Trinajstić information content (AvgIpc) is 2.99. The van der Waals surface area contributed by atoms with Gasteiger partial charge in [-0.3, -0.25) is 0 Å². The van der Waals surface area contributed by atoms with Crippen LogP contribution in [0.5, 0.6) is 5.75 Å². The van der Waals surface area contributed by atoms with Crippen molar-refractivity contribution in [2.24, 2.45) is 4.99 Å². The van der Waals surface area contributed by atoms with Crippen LogP contribution in [0.1, 0.15) is 24.2 Å². The summed E-state index contributed by atoms with van der Waals surface area (Å²) >= 11 is 0. The summed E-state index contributed by atoms with van der Waals surface area (Å²) in [4.78, 5) is 8.57. The van der Waals surface area contributed by atoms with Gasteiger partial charge in [-0.15, -0.1) is 24.0 Å². The van der Waals surface area contributed by atoms with Crippen LogP contribution in [0.15, 0.2) is 33.8 Å². The van der Waals surface area contributed by atoms with Gasteiger partial charge in [-0.25, -0.2) is 4.99 Å². The van der Waals surface area contributed by atoms with Crippen molar-refractivity contribution in [2.75, 3.05) is 20.2 Å². The standard InChI is InChI=1S/C16H23N5O2.HI/c1-4-17-16(19-11-15-20-12(2)21-23-15)18-10-9-13-5-7-14(22-3)8-6-13;/h5-8H,4,9-11H2,1-3H3,(H2,17,18,19);1H. The van der Waals surface area contributed by atoms with Gasteiger partial charge in [-0.2, -0.15) is 4.98 Å². The van der Waals surface area contributed by atoms with Crippen molar-refractivity contribution in [2.45, 2.75) is 26.8 Å². The lowest BCUT2D eigenvalue weighted by Gasteiger charge is -2.11. The summed E-state index contributed by atoms with van der Waals surface area (Å²) in [7, 11) is 1.67. The van der Waals surface area contributed by atoms with E-state index in [0.717, 1.165) is 31.2 Å². The summed E-state index contributed by atoms with van der Waals surface area (Å²) in [6.07, 6.45) is 0.897. The molecule has 1 aromatic carbocycles. The molecule has 2 rings (SSSR count). The number of aliphatic imine (C=N–C) groups is 1. The highest BCUT2D eigenvalue weighted by molar-refractivity contribution is 14.0. The summed E-state index contributed by atoms with van der Waals surface area (Å²) in [5.41, 5.74) is 1.24. The maximum Gasteiger partial charge on any atom is 0.248 e. The van der Waals surface area contributed by atoms with Crippen LogP contribution in [0.2, 0.25) is 0 Å². The molecule has 1 heterocycles. The number of rotatable bonds is 7. The third-order valence-corrected chi connectivity index (χ3v) is 3.15. The van der Waals surface area contributed by atoms with Crippen LogP contribution in [-0.4, -0.2) is 36.3 Å². The zero-order valence-electron chi connectivity index (χ0n) is 14.2. The van der Waals surface area contributed by atoms with Gasteiger partial charge in [0.1, 0.15) is 12.3 Å².